The number of allylic oxidation sites excluding steroid dienone is 1. The van der Waals surface area contributed by atoms with Crippen LogP contribution in [0, 0.1) is 0 Å². The van der Waals surface area contributed by atoms with E-state index in [9.17, 15) is 9.59 Å². The number of carbonyl (C=O) groups is 2. The van der Waals surface area contributed by atoms with Gasteiger partial charge in [-0.1, -0.05) is 60.1 Å². The highest BCUT2D eigenvalue weighted by Crippen LogP contribution is 2.40. The van der Waals surface area contributed by atoms with Gasteiger partial charge in [-0.15, -0.1) is 0 Å². The SMILES string of the molecule is O=C1NC2=C(C(=O)C[C@H](c3ccccc3)C2)[C@@H](c2ccccc2Cl)N1. The summed E-state index contributed by atoms with van der Waals surface area (Å²) in [5.74, 6) is 0.130. The minimum absolute atomic E-state index is 0.0486. The summed E-state index contributed by atoms with van der Waals surface area (Å²) in [5, 5.41) is 6.22. The molecule has 0 fully saturated rings. The zero-order valence-electron chi connectivity index (χ0n) is 13.5. The number of ketones is 1. The Morgan fingerprint density at radius 2 is 1.64 bits per heavy atom. The van der Waals surface area contributed by atoms with Crippen molar-refractivity contribution in [3.05, 3.63) is 82.0 Å². The second-order valence-electron chi connectivity index (χ2n) is 6.38. The lowest BCUT2D eigenvalue weighted by molar-refractivity contribution is -0.116. The first-order chi connectivity index (χ1) is 12.1. The van der Waals surface area contributed by atoms with Gasteiger partial charge in [-0.05, 0) is 29.5 Å². The molecule has 1 aliphatic carbocycles. The molecule has 0 aromatic heterocycles. The molecular formula is C20H17ClN2O2. The molecule has 1 heterocycles. The van der Waals surface area contributed by atoms with Gasteiger partial charge in [0.1, 0.15) is 0 Å². The summed E-state index contributed by atoms with van der Waals surface area (Å²) in [7, 11) is 0. The maximum absolute atomic E-state index is 12.9. The number of amides is 2. The van der Waals surface area contributed by atoms with Crippen LogP contribution in [0.5, 0.6) is 0 Å². The van der Waals surface area contributed by atoms with Gasteiger partial charge in [-0.3, -0.25) is 4.79 Å². The van der Waals surface area contributed by atoms with Crippen LogP contribution in [0.3, 0.4) is 0 Å². The molecule has 1 aliphatic heterocycles. The van der Waals surface area contributed by atoms with Crippen LogP contribution in [0.2, 0.25) is 5.02 Å². The summed E-state index contributed by atoms with van der Waals surface area (Å²) < 4.78 is 0. The normalized spacial score (nSPS) is 22.9. The molecule has 5 heteroatoms. The van der Waals surface area contributed by atoms with Crippen molar-refractivity contribution < 1.29 is 9.59 Å². The standard InChI is InChI=1S/C20H17ClN2O2/c21-15-9-5-4-8-14(15)19-18-16(22-20(25)23-19)10-13(11-17(18)24)12-6-2-1-3-7-12/h1-9,13,19H,10-11H2,(H2,22,23,25)/t13-,19-/m1/s1. The van der Waals surface area contributed by atoms with Gasteiger partial charge < -0.3 is 10.6 Å². The molecule has 0 radical (unpaired) electrons. The lowest BCUT2D eigenvalue weighted by Gasteiger charge is -2.35. The van der Waals surface area contributed by atoms with Crippen LogP contribution in [-0.2, 0) is 4.79 Å². The van der Waals surface area contributed by atoms with E-state index in [-0.39, 0.29) is 17.7 Å². The molecule has 0 unspecified atom stereocenters. The topological polar surface area (TPSA) is 58.2 Å². The first-order valence-corrected chi connectivity index (χ1v) is 8.64. The number of hydrogen-bond donors (Lipinski definition) is 2. The average molecular weight is 353 g/mol. The Morgan fingerprint density at radius 1 is 0.920 bits per heavy atom. The van der Waals surface area contributed by atoms with Crippen LogP contribution in [0.15, 0.2) is 65.9 Å². The fourth-order valence-corrected chi connectivity index (χ4v) is 3.91. The molecule has 25 heavy (non-hydrogen) atoms. The van der Waals surface area contributed by atoms with E-state index in [2.05, 4.69) is 10.6 Å². The number of benzene rings is 2. The lowest BCUT2D eigenvalue weighted by Crippen LogP contribution is -2.47. The van der Waals surface area contributed by atoms with Crippen molar-refractivity contribution in [3.63, 3.8) is 0 Å². The van der Waals surface area contributed by atoms with Gasteiger partial charge in [-0.2, -0.15) is 0 Å². The van der Waals surface area contributed by atoms with Crippen molar-refractivity contribution in [1.82, 2.24) is 10.6 Å². The molecule has 0 spiro atoms. The van der Waals surface area contributed by atoms with E-state index in [1.165, 1.54) is 0 Å². The highest BCUT2D eigenvalue weighted by atomic mass is 35.5. The van der Waals surface area contributed by atoms with Crippen molar-refractivity contribution >= 4 is 23.4 Å². The summed E-state index contributed by atoms with van der Waals surface area (Å²) >= 11 is 6.30. The molecule has 0 saturated carbocycles. The van der Waals surface area contributed by atoms with E-state index in [4.69, 9.17) is 11.6 Å². The largest absolute Gasteiger partial charge is 0.327 e. The predicted octanol–water partition coefficient (Wildman–Crippen LogP) is 4.09. The summed E-state index contributed by atoms with van der Waals surface area (Å²) in [6, 6.07) is 16.5. The highest BCUT2D eigenvalue weighted by Gasteiger charge is 2.38. The zero-order valence-corrected chi connectivity index (χ0v) is 14.2. The van der Waals surface area contributed by atoms with Gasteiger partial charge in [0, 0.05) is 22.7 Å². The summed E-state index contributed by atoms with van der Waals surface area (Å²) in [6.07, 6.45) is 1.07. The van der Waals surface area contributed by atoms with E-state index in [0.29, 0.717) is 29.1 Å². The molecule has 2 N–H and O–H groups in total. The van der Waals surface area contributed by atoms with Crippen molar-refractivity contribution in [3.8, 4) is 0 Å². The van der Waals surface area contributed by atoms with Crippen LogP contribution in [0.4, 0.5) is 4.79 Å². The second kappa shape index (κ2) is 6.37. The van der Waals surface area contributed by atoms with Crippen LogP contribution in [-0.4, -0.2) is 11.8 Å². The van der Waals surface area contributed by atoms with Gasteiger partial charge in [0.15, 0.2) is 5.78 Å². The zero-order chi connectivity index (χ0) is 17.4. The predicted molar refractivity (Wildman–Crippen MR) is 96.3 cm³/mol. The van der Waals surface area contributed by atoms with Crippen LogP contribution >= 0.6 is 11.6 Å². The summed E-state index contributed by atoms with van der Waals surface area (Å²) in [5.41, 5.74) is 3.20. The number of urea groups is 1. The van der Waals surface area contributed by atoms with Gasteiger partial charge in [0.25, 0.3) is 0 Å². The minimum atomic E-state index is -0.498. The Hall–Kier alpha value is -2.59. The fraction of sp³-hybridized carbons (Fsp3) is 0.200. The van der Waals surface area contributed by atoms with Crippen LogP contribution in [0.1, 0.15) is 35.9 Å². The second-order valence-corrected chi connectivity index (χ2v) is 6.79. The third-order valence-corrected chi connectivity index (χ3v) is 5.17. The van der Waals surface area contributed by atoms with Crippen molar-refractivity contribution in [2.24, 2.45) is 0 Å². The Labute approximate surface area is 150 Å². The van der Waals surface area contributed by atoms with Gasteiger partial charge in [0.2, 0.25) is 0 Å². The summed E-state index contributed by atoms with van der Waals surface area (Å²) in [6.45, 7) is 0. The smallest absolute Gasteiger partial charge is 0.319 e. The average Bonchev–Trinajstić information content (AvgIpc) is 2.62. The lowest BCUT2D eigenvalue weighted by atomic mass is 9.78. The maximum atomic E-state index is 12.9. The molecular weight excluding hydrogens is 336 g/mol. The van der Waals surface area contributed by atoms with Gasteiger partial charge >= 0.3 is 6.03 Å². The first-order valence-electron chi connectivity index (χ1n) is 8.26. The van der Waals surface area contributed by atoms with E-state index in [1.807, 2.05) is 48.5 Å². The van der Waals surface area contributed by atoms with Crippen LogP contribution in [0.25, 0.3) is 0 Å². The molecule has 4 nitrogen and oxygen atoms in total. The number of hydrogen-bond acceptors (Lipinski definition) is 2. The number of rotatable bonds is 2. The van der Waals surface area contributed by atoms with Gasteiger partial charge in [0.05, 0.1) is 6.04 Å². The summed E-state index contributed by atoms with van der Waals surface area (Å²) in [4.78, 5) is 25.1. The third kappa shape index (κ3) is 2.94. The van der Waals surface area contributed by atoms with E-state index < -0.39 is 6.04 Å². The Kier molecular flexibility index (Phi) is 4.06. The Morgan fingerprint density at radius 3 is 2.40 bits per heavy atom. The van der Waals surface area contributed by atoms with Crippen molar-refractivity contribution in [2.45, 2.75) is 24.8 Å². The molecule has 4 rings (SSSR count). The number of nitrogens with one attached hydrogen (secondary N) is 2. The quantitative estimate of drug-likeness (QED) is 0.855. The molecule has 0 bridgehead atoms. The maximum Gasteiger partial charge on any atom is 0.319 e. The molecule has 0 saturated heterocycles. The molecule has 2 atom stereocenters. The Bertz CT molecular complexity index is 876. The third-order valence-electron chi connectivity index (χ3n) is 4.82. The van der Waals surface area contributed by atoms with Crippen LogP contribution < -0.4 is 10.6 Å². The molecule has 2 aliphatic rings. The number of halogens is 1. The molecule has 2 amide bonds. The Balaban J connectivity index is 1.75. The first kappa shape index (κ1) is 15.9. The minimum Gasteiger partial charge on any atom is -0.327 e. The molecule has 126 valence electrons. The van der Waals surface area contributed by atoms with Crippen molar-refractivity contribution in [1.29, 1.82) is 0 Å². The van der Waals surface area contributed by atoms with E-state index >= 15 is 0 Å². The fourth-order valence-electron chi connectivity index (χ4n) is 3.66. The highest BCUT2D eigenvalue weighted by molar-refractivity contribution is 6.31. The number of carbonyl (C=O) groups excluding carboxylic acids is 2. The monoisotopic (exact) mass is 352 g/mol. The van der Waals surface area contributed by atoms with E-state index in [1.54, 1.807) is 6.07 Å². The van der Waals surface area contributed by atoms with Gasteiger partial charge in [-0.25, -0.2) is 4.79 Å². The molecule has 2 aromatic rings. The molecule has 2 aromatic carbocycles. The number of Topliss-reactive ketones (excluding diaryl/α,β-unsaturated/α-hetero) is 1. The van der Waals surface area contributed by atoms with Crippen molar-refractivity contribution in [2.75, 3.05) is 0 Å². The van der Waals surface area contributed by atoms with E-state index in [0.717, 1.165) is 11.1 Å².